The van der Waals surface area contributed by atoms with E-state index in [9.17, 15) is 9.59 Å². The Bertz CT molecular complexity index is 1110. The summed E-state index contributed by atoms with van der Waals surface area (Å²) in [6, 6.07) is 14.6. The van der Waals surface area contributed by atoms with Gasteiger partial charge in [0, 0.05) is 17.6 Å². The maximum absolute atomic E-state index is 13.2. The van der Waals surface area contributed by atoms with Crippen molar-refractivity contribution in [2.24, 2.45) is 0 Å². The second kappa shape index (κ2) is 8.59. The first-order chi connectivity index (χ1) is 14.0. The quantitative estimate of drug-likeness (QED) is 0.453. The topological polar surface area (TPSA) is 55.2 Å². The number of benzene rings is 2. The Morgan fingerprint density at radius 3 is 2.83 bits per heavy atom. The standard InChI is InChI=1S/C22H22ClN3O2S/c1-15-7-4-5-12-25(15)20(27)14-29-22-24-19-11-3-2-10-18(19)21(28)26(22)17-9-6-8-16(23)13-17/h2-3,6,8-11,13,15H,4-5,7,12,14H2,1H3/t15-/m1/s1. The number of hydrogen-bond acceptors (Lipinski definition) is 4. The Labute approximate surface area is 178 Å². The summed E-state index contributed by atoms with van der Waals surface area (Å²) < 4.78 is 1.55. The molecule has 0 N–H and O–H groups in total. The molecule has 0 unspecified atom stereocenters. The number of amides is 1. The molecule has 1 aliphatic heterocycles. The number of aromatic nitrogens is 2. The van der Waals surface area contributed by atoms with E-state index in [2.05, 4.69) is 6.92 Å². The van der Waals surface area contributed by atoms with Gasteiger partial charge in [-0.15, -0.1) is 0 Å². The van der Waals surface area contributed by atoms with Crippen molar-refractivity contribution in [3.05, 3.63) is 63.9 Å². The molecular weight excluding hydrogens is 406 g/mol. The normalized spacial score (nSPS) is 16.9. The zero-order valence-corrected chi connectivity index (χ0v) is 17.7. The molecule has 4 rings (SSSR count). The van der Waals surface area contributed by atoms with Gasteiger partial charge < -0.3 is 4.90 Å². The Morgan fingerprint density at radius 1 is 1.21 bits per heavy atom. The molecule has 1 saturated heterocycles. The molecule has 7 heteroatoms. The fraction of sp³-hybridized carbons (Fsp3) is 0.318. The van der Waals surface area contributed by atoms with Crippen molar-refractivity contribution >= 4 is 40.2 Å². The highest BCUT2D eigenvalue weighted by atomic mass is 35.5. The first-order valence-corrected chi connectivity index (χ1v) is 11.1. The summed E-state index contributed by atoms with van der Waals surface area (Å²) in [5.41, 5.74) is 1.10. The molecule has 1 fully saturated rings. The van der Waals surface area contributed by atoms with Crippen LogP contribution in [0.25, 0.3) is 16.6 Å². The number of para-hydroxylation sites is 1. The summed E-state index contributed by atoms with van der Waals surface area (Å²) in [6.07, 6.45) is 3.25. The average Bonchev–Trinajstić information content (AvgIpc) is 2.72. The van der Waals surface area contributed by atoms with E-state index in [1.54, 1.807) is 28.8 Å². The fourth-order valence-electron chi connectivity index (χ4n) is 3.73. The smallest absolute Gasteiger partial charge is 0.266 e. The second-order valence-electron chi connectivity index (χ2n) is 7.25. The lowest BCUT2D eigenvalue weighted by molar-refractivity contribution is -0.131. The van der Waals surface area contributed by atoms with Crippen molar-refractivity contribution in [3.8, 4) is 5.69 Å². The largest absolute Gasteiger partial charge is 0.339 e. The molecule has 1 amide bonds. The first-order valence-electron chi connectivity index (χ1n) is 9.74. The summed E-state index contributed by atoms with van der Waals surface area (Å²) in [6.45, 7) is 2.89. The Morgan fingerprint density at radius 2 is 2.03 bits per heavy atom. The third-order valence-corrected chi connectivity index (χ3v) is 6.42. The second-order valence-corrected chi connectivity index (χ2v) is 8.63. The number of fused-ring (bicyclic) bond motifs is 1. The third-order valence-electron chi connectivity index (χ3n) is 5.26. The van der Waals surface area contributed by atoms with Crippen LogP contribution in [0.5, 0.6) is 0 Å². The van der Waals surface area contributed by atoms with Crippen LogP contribution >= 0.6 is 23.4 Å². The van der Waals surface area contributed by atoms with E-state index in [1.165, 1.54) is 18.2 Å². The highest BCUT2D eigenvalue weighted by Crippen LogP contribution is 2.24. The zero-order valence-electron chi connectivity index (χ0n) is 16.2. The summed E-state index contributed by atoms with van der Waals surface area (Å²) in [5.74, 6) is 0.331. The molecule has 0 saturated carbocycles. The predicted octanol–water partition coefficient (Wildman–Crippen LogP) is 4.53. The molecule has 0 bridgehead atoms. The van der Waals surface area contributed by atoms with E-state index >= 15 is 0 Å². The summed E-state index contributed by atoms with van der Waals surface area (Å²) in [5, 5.41) is 1.57. The van der Waals surface area contributed by atoms with Crippen molar-refractivity contribution in [3.63, 3.8) is 0 Å². The molecule has 3 aromatic rings. The van der Waals surface area contributed by atoms with Crippen LogP contribution in [-0.2, 0) is 4.79 Å². The maximum Gasteiger partial charge on any atom is 0.266 e. The van der Waals surface area contributed by atoms with E-state index in [-0.39, 0.29) is 23.3 Å². The van der Waals surface area contributed by atoms with Gasteiger partial charge in [-0.05, 0) is 56.5 Å². The van der Waals surface area contributed by atoms with Crippen molar-refractivity contribution in [2.75, 3.05) is 12.3 Å². The van der Waals surface area contributed by atoms with Crippen LogP contribution < -0.4 is 5.56 Å². The minimum Gasteiger partial charge on any atom is -0.339 e. The SMILES string of the molecule is C[C@@H]1CCCCN1C(=O)CSc1nc2ccccc2c(=O)n1-c1cccc(Cl)c1. The molecule has 0 spiro atoms. The first kappa shape index (κ1) is 20.0. The number of piperidine rings is 1. The molecule has 1 aromatic heterocycles. The van der Waals surface area contributed by atoms with E-state index < -0.39 is 0 Å². The molecule has 0 aliphatic carbocycles. The van der Waals surface area contributed by atoms with Crippen LogP contribution in [0.4, 0.5) is 0 Å². The van der Waals surface area contributed by atoms with E-state index in [4.69, 9.17) is 16.6 Å². The fourth-order valence-corrected chi connectivity index (χ4v) is 4.81. The number of rotatable bonds is 4. The van der Waals surface area contributed by atoms with Gasteiger partial charge in [0.1, 0.15) is 0 Å². The van der Waals surface area contributed by atoms with Gasteiger partial charge in [0.15, 0.2) is 5.16 Å². The molecule has 150 valence electrons. The maximum atomic E-state index is 13.2. The number of carbonyl (C=O) groups excluding carboxylic acids is 1. The molecule has 1 aliphatic rings. The van der Waals surface area contributed by atoms with Gasteiger partial charge in [0.05, 0.1) is 22.3 Å². The Hall–Kier alpha value is -2.31. The highest BCUT2D eigenvalue weighted by Gasteiger charge is 2.24. The van der Waals surface area contributed by atoms with Gasteiger partial charge in [-0.2, -0.15) is 0 Å². The summed E-state index contributed by atoms with van der Waals surface area (Å²) in [4.78, 5) is 32.7. The lowest BCUT2D eigenvalue weighted by Gasteiger charge is -2.33. The minimum atomic E-state index is -0.167. The third kappa shape index (κ3) is 4.19. The van der Waals surface area contributed by atoms with E-state index in [0.29, 0.717) is 26.8 Å². The lowest BCUT2D eigenvalue weighted by atomic mass is 10.0. The molecule has 5 nitrogen and oxygen atoms in total. The number of halogens is 1. The number of likely N-dealkylation sites (tertiary alicyclic amines) is 1. The average molecular weight is 428 g/mol. The molecule has 1 atom stereocenters. The molecule has 2 aromatic carbocycles. The summed E-state index contributed by atoms with van der Waals surface area (Å²) >= 11 is 7.46. The van der Waals surface area contributed by atoms with E-state index in [0.717, 1.165) is 19.4 Å². The van der Waals surface area contributed by atoms with Crippen molar-refractivity contribution in [1.29, 1.82) is 0 Å². The van der Waals surface area contributed by atoms with Crippen LogP contribution in [0.1, 0.15) is 26.2 Å². The minimum absolute atomic E-state index is 0.0854. The van der Waals surface area contributed by atoms with Gasteiger partial charge >= 0.3 is 0 Å². The lowest BCUT2D eigenvalue weighted by Crippen LogP contribution is -2.43. The van der Waals surface area contributed by atoms with Gasteiger partial charge in [0.25, 0.3) is 5.56 Å². The molecular formula is C22H22ClN3O2S. The highest BCUT2D eigenvalue weighted by molar-refractivity contribution is 7.99. The van der Waals surface area contributed by atoms with Crippen molar-refractivity contribution in [1.82, 2.24) is 14.5 Å². The van der Waals surface area contributed by atoms with Gasteiger partial charge in [-0.1, -0.05) is 41.6 Å². The van der Waals surface area contributed by atoms with Crippen LogP contribution in [0.2, 0.25) is 5.02 Å². The van der Waals surface area contributed by atoms with Gasteiger partial charge in [-0.3, -0.25) is 14.2 Å². The van der Waals surface area contributed by atoms with Gasteiger partial charge in [-0.25, -0.2) is 4.98 Å². The Balaban J connectivity index is 1.72. The van der Waals surface area contributed by atoms with Crippen LogP contribution in [0, 0.1) is 0 Å². The number of hydrogen-bond donors (Lipinski definition) is 0. The van der Waals surface area contributed by atoms with Crippen molar-refractivity contribution < 1.29 is 4.79 Å². The number of thioether (sulfide) groups is 1. The number of carbonyl (C=O) groups is 1. The molecule has 29 heavy (non-hydrogen) atoms. The monoisotopic (exact) mass is 427 g/mol. The van der Waals surface area contributed by atoms with Gasteiger partial charge in [0.2, 0.25) is 5.91 Å². The van der Waals surface area contributed by atoms with Crippen LogP contribution in [-0.4, -0.2) is 38.7 Å². The number of nitrogens with zero attached hydrogens (tertiary/aromatic N) is 3. The Kier molecular flexibility index (Phi) is 5.92. The summed E-state index contributed by atoms with van der Waals surface area (Å²) in [7, 11) is 0. The predicted molar refractivity (Wildman–Crippen MR) is 118 cm³/mol. The van der Waals surface area contributed by atoms with Crippen LogP contribution in [0.3, 0.4) is 0 Å². The van der Waals surface area contributed by atoms with Crippen molar-refractivity contribution in [2.45, 2.75) is 37.4 Å². The zero-order chi connectivity index (χ0) is 20.4. The van der Waals surface area contributed by atoms with E-state index in [1.807, 2.05) is 29.2 Å². The van der Waals surface area contributed by atoms with Crippen LogP contribution in [0.15, 0.2) is 58.5 Å². The molecule has 0 radical (unpaired) electrons. The molecule has 2 heterocycles.